The standard InChI is InChI=1S/C20H28BrN3O/c1-13(2)12-24-16(5)19(15(4)23-24)10-11-20(25)22-14(3)17-6-8-18(21)9-7-17/h6-9,13-14H,10-12H2,1-5H3,(H,22,25). The van der Waals surface area contributed by atoms with Gasteiger partial charge in [-0.2, -0.15) is 5.10 Å². The van der Waals surface area contributed by atoms with Gasteiger partial charge in [-0.1, -0.05) is 41.9 Å². The normalized spacial score (nSPS) is 12.4. The lowest BCUT2D eigenvalue weighted by Gasteiger charge is -2.14. The second-order valence-corrected chi connectivity index (χ2v) is 7.98. The average Bonchev–Trinajstić information content (AvgIpc) is 2.79. The van der Waals surface area contributed by atoms with E-state index >= 15 is 0 Å². The first kappa shape index (κ1) is 19.7. The first-order chi connectivity index (χ1) is 11.8. The van der Waals surface area contributed by atoms with Crippen molar-refractivity contribution in [3.63, 3.8) is 0 Å². The van der Waals surface area contributed by atoms with Crippen LogP contribution in [0.15, 0.2) is 28.7 Å². The molecule has 1 amide bonds. The molecular weight excluding hydrogens is 378 g/mol. The predicted octanol–water partition coefficient (Wildman–Crippen LogP) is 4.73. The molecule has 0 bridgehead atoms. The van der Waals surface area contributed by atoms with Crippen LogP contribution in [-0.4, -0.2) is 15.7 Å². The van der Waals surface area contributed by atoms with Gasteiger partial charge >= 0.3 is 0 Å². The van der Waals surface area contributed by atoms with Crippen LogP contribution in [0.2, 0.25) is 0 Å². The number of hydrogen-bond acceptors (Lipinski definition) is 2. The molecule has 1 atom stereocenters. The third kappa shape index (κ3) is 5.43. The van der Waals surface area contributed by atoms with Crippen molar-refractivity contribution >= 4 is 21.8 Å². The van der Waals surface area contributed by atoms with Crippen molar-refractivity contribution in [2.24, 2.45) is 5.92 Å². The minimum atomic E-state index is 0.00598. The Kier molecular flexibility index (Phi) is 6.82. The number of carbonyl (C=O) groups excluding carboxylic acids is 1. The first-order valence-electron chi connectivity index (χ1n) is 8.85. The molecule has 4 nitrogen and oxygen atoms in total. The van der Waals surface area contributed by atoms with Gasteiger partial charge in [0.15, 0.2) is 0 Å². The van der Waals surface area contributed by atoms with Crippen molar-refractivity contribution in [1.29, 1.82) is 0 Å². The summed E-state index contributed by atoms with van der Waals surface area (Å²) < 4.78 is 3.11. The molecule has 136 valence electrons. The Morgan fingerprint density at radius 3 is 2.44 bits per heavy atom. The van der Waals surface area contributed by atoms with E-state index in [1.807, 2.05) is 38.1 Å². The largest absolute Gasteiger partial charge is 0.350 e. The summed E-state index contributed by atoms with van der Waals surface area (Å²) in [6.07, 6.45) is 1.21. The topological polar surface area (TPSA) is 46.9 Å². The number of amides is 1. The molecule has 1 heterocycles. The maximum Gasteiger partial charge on any atom is 0.220 e. The van der Waals surface area contributed by atoms with Crippen molar-refractivity contribution in [1.82, 2.24) is 15.1 Å². The number of aryl methyl sites for hydroxylation is 1. The lowest BCUT2D eigenvalue weighted by Crippen LogP contribution is -2.26. The SMILES string of the molecule is Cc1nn(CC(C)C)c(C)c1CCC(=O)NC(C)c1ccc(Br)cc1. The molecule has 5 heteroatoms. The summed E-state index contributed by atoms with van der Waals surface area (Å²) >= 11 is 3.43. The number of aromatic nitrogens is 2. The summed E-state index contributed by atoms with van der Waals surface area (Å²) in [7, 11) is 0. The van der Waals surface area contributed by atoms with Gasteiger partial charge < -0.3 is 5.32 Å². The van der Waals surface area contributed by atoms with Crippen LogP contribution in [0.25, 0.3) is 0 Å². The minimum absolute atomic E-state index is 0.00598. The summed E-state index contributed by atoms with van der Waals surface area (Å²) in [5.74, 6) is 0.631. The highest BCUT2D eigenvalue weighted by Crippen LogP contribution is 2.18. The van der Waals surface area contributed by atoms with E-state index in [4.69, 9.17) is 0 Å². The average molecular weight is 406 g/mol. The molecule has 0 fully saturated rings. The number of benzene rings is 1. The van der Waals surface area contributed by atoms with E-state index in [0.29, 0.717) is 12.3 Å². The van der Waals surface area contributed by atoms with Gasteiger partial charge in [-0.25, -0.2) is 0 Å². The van der Waals surface area contributed by atoms with E-state index in [0.717, 1.165) is 28.7 Å². The Hall–Kier alpha value is -1.62. The summed E-state index contributed by atoms with van der Waals surface area (Å²) in [4.78, 5) is 12.3. The van der Waals surface area contributed by atoms with Crippen LogP contribution in [-0.2, 0) is 17.8 Å². The zero-order valence-corrected chi connectivity index (χ0v) is 17.4. The van der Waals surface area contributed by atoms with Crippen molar-refractivity contribution < 1.29 is 4.79 Å². The van der Waals surface area contributed by atoms with Crippen LogP contribution in [0.3, 0.4) is 0 Å². The van der Waals surface area contributed by atoms with E-state index < -0.39 is 0 Å². The van der Waals surface area contributed by atoms with Crippen molar-refractivity contribution in [3.8, 4) is 0 Å². The molecule has 0 spiro atoms. The van der Waals surface area contributed by atoms with Crippen LogP contribution in [0, 0.1) is 19.8 Å². The van der Waals surface area contributed by atoms with Gasteiger partial charge in [0.1, 0.15) is 0 Å². The van der Waals surface area contributed by atoms with Gasteiger partial charge in [0, 0.05) is 23.1 Å². The van der Waals surface area contributed by atoms with Crippen molar-refractivity contribution in [2.75, 3.05) is 0 Å². The molecular formula is C20H28BrN3O. The summed E-state index contributed by atoms with van der Waals surface area (Å²) in [6.45, 7) is 11.4. The fraction of sp³-hybridized carbons (Fsp3) is 0.500. The number of carbonyl (C=O) groups is 1. The number of halogens is 1. The molecule has 1 N–H and O–H groups in total. The van der Waals surface area contributed by atoms with Crippen LogP contribution >= 0.6 is 15.9 Å². The Balaban J connectivity index is 1.93. The third-order valence-corrected chi connectivity index (χ3v) is 4.95. The molecule has 1 aromatic carbocycles. The molecule has 1 unspecified atom stereocenters. The van der Waals surface area contributed by atoms with E-state index in [1.165, 1.54) is 11.3 Å². The molecule has 2 aromatic rings. The van der Waals surface area contributed by atoms with Crippen molar-refractivity contribution in [3.05, 3.63) is 51.3 Å². The molecule has 1 aromatic heterocycles. The van der Waals surface area contributed by atoms with Crippen molar-refractivity contribution in [2.45, 2.75) is 60.0 Å². The number of hydrogen-bond donors (Lipinski definition) is 1. The van der Waals surface area contributed by atoms with Gasteiger partial charge in [0.25, 0.3) is 0 Å². The minimum Gasteiger partial charge on any atom is -0.350 e. The summed E-state index contributed by atoms with van der Waals surface area (Å²) in [5.41, 5.74) is 4.52. The molecule has 25 heavy (non-hydrogen) atoms. The van der Waals surface area contributed by atoms with Crippen LogP contribution in [0.1, 0.15) is 55.7 Å². The van der Waals surface area contributed by atoms with Gasteiger partial charge in [-0.15, -0.1) is 0 Å². The lowest BCUT2D eigenvalue weighted by atomic mass is 10.1. The van der Waals surface area contributed by atoms with Crippen LogP contribution < -0.4 is 5.32 Å². The third-order valence-electron chi connectivity index (χ3n) is 4.42. The molecule has 2 rings (SSSR count). The van der Waals surface area contributed by atoms with E-state index in [-0.39, 0.29) is 11.9 Å². The fourth-order valence-electron chi connectivity index (χ4n) is 3.01. The van der Waals surface area contributed by atoms with Gasteiger partial charge in [-0.05, 0) is 56.4 Å². The zero-order chi connectivity index (χ0) is 18.6. The summed E-state index contributed by atoms with van der Waals surface area (Å²) in [6, 6.07) is 8.05. The first-order valence-corrected chi connectivity index (χ1v) is 9.65. The number of nitrogens with zero attached hydrogens (tertiary/aromatic N) is 2. The molecule has 0 aliphatic heterocycles. The predicted molar refractivity (Wildman–Crippen MR) is 106 cm³/mol. The highest BCUT2D eigenvalue weighted by Gasteiger charge is 2.15. The molecule has 0 aliphatic rings. The Morgan fingerprint density at radius 2 is 1.84 bits per heavy atom. The smallest absolute Gasteiger partial charge is 0.220 e. The second kappa shape index (κ2) is 8.65. The molecule has 0 saturated carbocycles. The van der Waals surface area contributed by atoms with Gasteiger partial charge in [0.05, 0.1) is 11.7 Å². The Labute approximate surface area is 159 Å². The van der Waals surface area contributed by atoms with Gasteiger partial charge in [0.2, 0.25) is 5.91 Å². The maximum atomic E-state index is 12.3. The zero-order valence-electron chi connectivity index (χ0n) is 15.8. The Bertz CT molecular complexity index is 719. The van der Waals surface area contributed by atoms with E-state index in [9.17, 15) is 4.79 Å². The lowest BCUT2D eigenvalue weighted by molar-refractivity contribution is -0.121. The monoisotopic (exact) mass is 405 g/mol. The van der Waals surface area contributed by atoms with E-state index in [2.05, 4.69) is 51.8 Å². The number of nitrogens with one attached hydrogen (secondary N) is 1. The number of rotatable bonds is 7. The molecule has 0 aliphatic carbocycles. The summed E-state index contributed by atoms with van der Waals surface area (Å²) in [5, 5.41) is 7.71. The van der Waals surface area contributed by atoms with E-state index in [1.54, 1.807) is 0 Å². The highest BCUT2D eigenvalue weighted by atomic mass is 79.9. The molecule has 0 radical (unpaired) electrons. The molecule has 0 saturated heterocycles. The van der Waals surface area contributed by atoms with Gasteiger partial charge in [-0.3, -0.25) is 9.48 Å². The fourth-order valence-corrected chi connectivity index (χ4v) is 3.27. The van der Waals surface area contributed by atoms with Crippen LogP contribution in [0.4, 0.5) is 0 Å². The quantitative estimate of drug-likeness (QED) is 0.723. The van der Waals surface area contributed by atoms with Crippen LogP contribution in [0.5, 0.6) is 0 Å². The second-order valence-electron chi connectivity index (χ2n) is 7.07. The highest BCUT2D eigenvalue weighted by molar-refractivity contribution is 9.10. The maximum absolute atomic E-state index is 12.3. The Morgan fingerprint density at radius 1 is 1.20 bits per heavy atom.